The lowest BCUT2D eigenvalue weighted by molar-refractivity contribution is -0.139. The highest BCUT2D eigenvalue weighted by Gasteiger charge is 2.21. The normalized spacial score (nSPS) is 10.7. The molecule has 1 aromatic rings. The van der Waals surface area contributed by atoms with Gasteiger partial charge in [-0.05, 0) is 0 Å². The van der Waals surface area contributed by atoms with E-state index in [1.807, 2.05) is 0 Å². The van der Waals surface area contributed by atoms with Crippen LogP contribution < -0.4 is 0 Å². The van der Waals surface area contributed by atoms with Crippen molar-refractivity contribution in [3.8, 4) is 0 Å². The van der Waals surface area contributed by atoms with Crippen LogP contribution in [0.3, 0.4) is 0 Å². The second kappa shape index (κ2) is 6.00. The van der Waals surface area contributed by atoms with Gasteiger partial charge < -0.3 is 4.74 Å². The molecule has 1 heterocycles. The highest BCUT2D eigenvalue weighted by atomic mass is 79.9. The summed E-state index contributed by atoms with van der Waals surface area (Å²) in [5.41, 5.74) is -0.725. The molecular formula is C10H9BrF3NO2. The van der Waals surface area contributed by atoms with Crippen LogP contribution in [-0.2, 0) is 21.3 Å². The summed E-state index contributed by atoms with van der Waals surface area (Å²) in [5.74, 6) is -1.64. The Morgan fingerprint density at radius 3 is 2.71 bits per heavy atom. The van der Waals surface area contributed by atoms with Crippen molar-refractivity contribution in [1.29, 1.82) is 0 Å². The third-order valence-corrected chi connectivity index (χ3v) is 2.70. The third-order valence-electron chi connectivity index (χ3n) is 2.13. The fourth-order valence-electron chi connectivity index (χ4n) is 1.23. The van der Waals surface area contributed by atoms with Crippen molar-refractivity contribution >= 4 is 21.9 Å². The second-order valence-corrected chi connectivity index (χ2v) is 3.70. The topological polar surface area (TPSA) is 39.2 Å². The molecule has 7 heteroatoms. The van der Waals surface area contributed by atoms with Gasteiger partial charge in [-0.2, -0.15) is 0 Å². The molecule has 1 rings (SSSR count). The van der Waals surface area contributed by atoms with E-state index in [1.165, 1.54) is 7.11 Å². The molecular weight excluding hydrogens is 303 g/mol. The number of alkyl halides is 3. The molecule has 0 amide bonds. The van der Waals surface area contributed by atoms with Crippen molar-refractivity contribution in [2.75, 3.05) is 7.11 Å². The van der Waals surface area contributed by atoms with E-state index < -0.39 is 23.8 Å². The maximum absolute atomic E-state index is 13.6. The van der Waals surface area contributed by atoms with Crippen molar-refractivity contribution in [2.45, 2.75) is 18.2 Å². The highest BCUT2D eigenvalue weighted by molar-refractivity contribution is 9.08. The fourth-order valence-corrected chi connectivity index (χ4v) is 1.80. The number of hydrogen-bond donors (Lipinski definition) is 0. The molecule has 0 saturated heterocycles. The van der Waals surface area contributed by atoms with Gasteiger partial charge in [0.25, 0.3) is 6.43 Å². The number of methoxy groups -OCH3 is 1. The van der Waals surface area contributed by atoms with Gasteiger partial charge >= 0.3 is 5.97 Å². The number of pyridine rings is 1. The van der Waals surface area contributed by atoms with Crippen molar-refractivity contribution in [3.63, 3.8) is 0 Å². The minimum atomic E-state index is -2.94. The number of esters is 1. The molecule has 0 aliphatic heterocycles. The molecule has 0 N–H and O–H groups in total. The van der Waals surface area contributed by atoms with Crippen LogP contribution in [0.4, 0.5) is 13.2 Å². The fraction of sp³-hybridized carbons (Fsp3) is 0.400. The average molecular weight is 312 g/mol. The van der Waals surface area contributed by atoms with Gasteiger partial charge in [-0.15, -0.1) is 0 Å². The highest BCUT2D eigenvalue weighted by Crippen LogP contribution is 2.26. The first-order valence-corrected chi connectivity index (χ1v) is 5.70. The lowest BCUT2D eigenvalue weighted by atomic mass is 10.1. The van der Waals surface area contributed by atoms with E-state index in [0.717, 1.165) is 6.20 Å². The van der Waals surface area contributed by atoms with Gasteiger partial charge in [0.2, 0.25) is 0 Å². The standard InChI is InChI=1S/C10H9BrF3NO2/c1-17-8(16)2-7-5(3-11)9(12)6(4-15-7)10(13)14/h4,10H,2-3H2,1H3. The summed E-state index contributed by atoms with van der Waals surface area (Å²) in [6, 6.07) is 0. The molecule has 94 valence electrons. The molecule has 17 heavy (non-hydrogen) atoms. The first-order chi connectivity index (χ1) is 8.01. The molecule has 0 bridgehead atoms. The Morgan fingerprint density at radius 2 is 2.24 bits per heavy atom. The van der Waals surface area contributed by atoms with Crippen LogP contribution in [0.25, 0.3) is 0 Å². The van der Waals surface area contributed by atoms with Crippen LogP contribution in [0, 0.1) is 5.82 Å². The van der Waals surface area contributed by atoms with E-state index in [9.17, 15) is 18.0 Å². The molecule has 3 nitrogen and oxygen atoms in total. The molecule has 0 fully saturated rings. The van der Waals surface area contributed by atoms with E-state index in [2.05, 4.69) is 25.7 Å². The minimum Gasteiger partial charge on any atom is -0.469 e. The zero-order valence-corrected chi connectivity index (χ0v) is 10.4. The summed E-state index contributed by atoms with van der Waals surface area (Å²) < 4.78 is 42.9. The number of carbonyl (C=O) groups excluding carboxylic acids is 1. The monoisotopic (exact) mass is 311 g/mol. The Labute approximate surface area is 104 Å². The first-order valence-electron chi connectivity index (χ1n) is 4.58. The van der Waals surface area contributed by atoms with E-state index in [0.29, 0.717) is 0 Å². The first kappa shape index (κ1) is 14.0. The lowest BCUT2D eigenvalue weighted by Gasteiger charge is -2.10. The van der Waals surface area contributed by atoms with Crippen LogP contribution >= 0.6 is 15.9 Å². The maximum Gasteiger partial charge on any atom is 0.311 e. The summed E-state index contributed by atoms with van der Waals surface area (Å²) in [5, 5.41) is -0.00127. The molecule has 0 spiro atoms. The molecule has 0 aliphatic carbocycles. The summed E-state index contributed by atoms with van der Waals surface area (Å²) in [6.07, 6.45) is -2.45. The Bertz CT molecular complexity index is 426. The van der Waals surface area contributed by atoms with Crippen LogP contribution in [0.2, 0.25) is 0 Å². The lowest BCUT2D eigenvalue weighted by Crippen LogP contribution is -2.11. The minimum absolute atomic E-state index is 0.00127. The van der Waals surface area contributed by atoms with Gasteiger partial charge in [-0.25, -0.2) is 13.2 Å². The number of halogens is 4. The summed E-state index contributed by atoms with van der Waals surface area (Å²) >= 11 is 2.98. The van der Waals surface area contributed by atoms with Crippen molar-refractivity contribution in [1.82, 2.24) is 4.98 Å². The zero-order chi connectivity index (χ0) is 13.0. The van der Waals surface area contributed by atoms with E-state index >= 15 is 0 Å². The Morgan fingerprint density at radius 1 is 1.59 bits per heavy atom. The SMILES string of the molecule is COC(=O)Cc1ncc(C(F)F)c(F)c1CBr. The van der Waals surface area contributed by atoms with E-state index in [1.54, 1.807) is 0 Å². The molecule has 0 radical (unpaired) electrons. The largest absolute Gasteiger partial charge is 0.469 e. The van der Waals surface area contributed by atoms with Crippen LogP contribution in [0.15, 0.2) is 6.20 Å². The van der Waals surface area contributed by atoms with Crippen LogP contribution in [0.5, 0.6) is 0 Å². The quantitative estimate of drug-likeness (QED) is 0.634. The second-order valence-electron chi connectivity index (χ2n) is 3.14. The molecule has 0 aliphatic rings. The Balaban J connectivity index is 3.16. The van der Waals surface area contributed by atoms with Gasteiger partial charge in [-0.3, -0.25) is 9.78 Å². The van der Waals surface area contributed by atoms with E-state index in [-0.39, 0.29) is 23.0 Å². The number of aromatic nitrogens is 1. The van der Waals surface area contributed by atoms with Gasteiger partial charge in [0.15, 0.2) is 0 Å². The third kappa shape index (κ3) is 3.18. The summed E-state index contributed by atoms with van der Waals surface area (Å²) in [4.78, 5) is 14.7. The molecule has 0 aromatic carbocycles. The molecule has 0 unspecified atom stereocenters. The molecule has 0 saturated carbocycles. The average Bonchev–Trinajstić information content (AvgIpc) is 2.28. The van der Waals surface area contributed by atoms with Crippen LogP contribution in [0.1, 0.15) is 23.2 Å². The maximum atomic E-state index is 13.6. The molecule has 1 aromatic heterocycles. The number of rotatable bonds is 4. The number of carbonyl (C=O) groups is 1. The molecule has 0 atom stereocenters. The Hall–Kier alpha value is -1.11. The predicted molar refractivity (Wildman–Crippen MR) is 57.5 cm³/mol. The summed E-state index contributed by atoms with van der Waals surface area (Å²) in [7, 11) is 1.18. The van der Waals surface area contributed by atoms with Crippen molar-refractivity contribution in [3.05, 3.63) is 28.8 Å². The summed E-state index contributed by atoms with van der Waals surface area (Å²) in [6.45, 7) is 0. The van der Waals surface area contributed by atoms with Gasteiger partial charge in [0, 0.05) is 17.1 Å². The van der Waals surface area contributed by atoms with Gasteiger partial charge in [-0.1, -0.05) is 15.9 Å². The van der Waals surface area contributed by atoms with Crippen molar-refractivity contribution < 1.29 is 22.7 Å². The van der Waals surface area contributed by atoms with E-state index in [4.69, 9.17) is 0 Å². The van der Waals surface area contributed by atoms with Gasteiger partial charge in [0.1, 0.15) is 5.82 Å². The smallest absolute Gasteiger partial charge is 0.311 e. The van der Waals surface area contributed by atoms with Crippen LogP contribution in [-0.4, -0.2) is 18.1 Å². The number of nitrogens with zero attached hydrogens (tertiary/aromatic N) is 1. The number of hydrogen-bond acceptors (Lipinski definition) is 3. The predicted octanol–water partition coefficient (Wildman–Crippen LogP) is 2.77. The van der Waals surface area contributed by atoms with Gasteiger partial charge in [0.05, 0.1) is 24.8 Å². The Kier molecular flexibility index (Phi) is 4.92. The zero-order valence-electron chi connectivity index (χ0n) is 8.84. The van der Waals surface area contributed by atoms with Crippen molar-refractivity contribution in [2.24, 2.45) is 0 Å². The number of ether oxygens (including phenoxy) is 1.